The lowest BCUT2D eigenvalue weighted by atomic mass is 10.2. The average molecular weight is 416 g/mol. The highest BCUT2D eigenvalue weighted by molar-refractivity contribution is 14.1. The third kappa shape index (κ3) is 4.61. The molecule has 0 unspecified atom stereocenters. The lowest BCUT2D eigenvalue weighted by Gasteiger charge is -2.09. The summed E-state index contributed by atoms with van der Waals surface area (Å²) in [6.07, 6.45) is 0.964. The molecule has 0 aliphatic rings. The Bertz CT molecular complexity index is 629. The van der Waals surface area contributed by atoms with E-state index in [4.69, 9.17) is 16.3 Å². The van der Waals surface area contributed by atoms with Crippen LogP contribution in [0.25, 0.3) is 0 Å². The maximum absolute atomic E-state index is 12.2. The zero-order chi connectivity index (χ0) is 15.2. The van der Waals surface area contributed by atoms with Gasteiger partial charge in [0.05, 0.1) is 12.2 Å². The highest BCUT2D eigenvalue weighted by Gasteiger charge is 2.11. The molecule has 0 radical (unpaired) electrons. The lowest BCUT2D eigenvalue weighted by molar-refractivity contribution is 0.102. The molecular formula is C16H15ClINO2. The number of carbonyl (C=O) groups is 1. The van der Waals surface area contributed by atoms with Crippen molar-refractivity contribution in [2.24, 2.45) is 0 Å². The summed E-state index contributed by atoms with van der Waals surface area (Å²) in [7, 11) is 0. The fourth-order valence-corrected chi connectivity index (χ4v) is 2.48. The molecule has 0 fully saturated rings. The van der Waals surface area contributed by atoms with Crippen LogP contribution in [0.5, 0.6) is 5.75 Å². The fraction of sp³-hybridized carbons (Fsp3) is 0.188. The standard InChI is InChI=1S/C16H15ClINO2/c1-2-9-21-13-6-4-12(5-7-13)19-16(20)14-10-11(17)3-8-15(14)18/h3-8,10H,2,9H2,1H3,(H,19,20). The van der Waals surface area contributed by atoms with Crippen LogP contribution in [-0.4, -0.2) is 12.5 Å². The summed E-state index contributed by atoms with van der Waals surface area (Å²) in [5.41, 5.74) is 1.29. The average Bonchev–Trinajstić information content (AvgIpc) is 2.49. The van der Waals surface area contributed by atoms with E-state index in [0.29, 0.717) is 17.2 Å². The summed E-state index contributed by atoms with van der Waals surface area (Å²) in [5.74, 6) is 0.622. The van der Waals surface area contributed by atoms with Gasteiger partial charge in [-0.3, -0.25) is 4.79 Å². The third-order valence-corrected chi connectivity index (χ3v) is 3.93. The molecule has 0 aliphatic heterocycles. The topological polar surface area (TPSA) is 38.3 Å². The predicted octanol–water partition coefficient (Wildman–Crippen LogP) is 4.99. The van der Waals surface area contributed by atoms with Crippen LogP contribution in [0.3, 0.4) is 0 Å². The van der Waals surface area contributed by atoms with Crippen LogP contribution in [0.15, 0.2) is 42.5 Å². The number of benzene rings is 2. The van der Waals surface area contributed by atoms with Crippen LogP contribution in [0.2, 0.25) is 5.02 Å². The van der Waals surface area contributed by atoms with E-state index >= 15 is 0 Å². The zero-order valence-electron chi connectivity index (χ0n) is 11.5. The second-order valence-electron chi connectivity index (χ2n) is 4.45. The molecule has 0 saturated carbocycles. The summed E-state index contributed by atoms with van der Waals surface area (Å²) in [4.78, 5) is 12.2. The van der Waals surface area contributed by atoms with E-state index in [1.165, 1.54) is 0 Å². The number of rotatable bonds is 5. The van der Waals surface area contributed by atoms with E-state index in [1.807, 2.05) is 30.3 Å². The van der Waals surface area contributed by atoms with Gasteiger partial charge in [0.2, 0.25) is 0 Å². The van der Waals surface area contributed by atoms with Crippen LogP contribution in [0.1, 0.15) is 23.7 Å². The van der Waals surface area contributed by atoms with Crippen molar-refractivity contribution in [3.63, 3.8) is 0 Å². The van der Waals surface area contributed by atoms with E-state index in [-0.39, 0.29) is 5.91 Å². The van der Waals surface area contributed by atoms with Gasteiger partial charge in [-0.15, -0.1) is 0 Å². The molecule has 0 aliphatic carbocycles. The fourth-order valence-electron chi connectivity index (χ4n) is 1.72. The van der Waals surface area contributed by atoms with Gasteiger partial charge < -0.3 is 10.1 Å². The van der Waals surface area contributed by atoms with Gasteiger partial charge in [0.1, 0.15) is 5.75 Å². The Hall–Kier alpha value is -1.27. The quantitative estimate of drug-likeness (QED) is 0.699. The first-order chi connectivity index (χ1) is 10.1. The molecule has 2 aromatic rings. The smallest absolute Gasteiger partial charge is 0.256 e. The number of anilines is 1. The van der Waals surface area contributed by atoms with Crippen molar-refractivity contribution in [2.45, 2.75) is 13.3 Å². The van der Waals surface area contributed by atoms with Crippen molar-refractivity contribution >= 4 is 45.8 Å². The number of hydrogen-bond acceptors (Lipinski definition) is 2. The molecule has 5 heteroatoms. The Balaban J connectivity index is 2.07. The second kappa shape index (κ2) is 7.66. The number of amides is 1. The van der Waals surface area contributed by atoms with Crippen molar-refractivity contribution in [2.75, 3.05) is 11.9 Å². The molecule has 2 aromatic carbocycles. The number of halogens is 2. The Morgan fingerprint density at radius 1 is 1.24 bits per heavy atom. The van der Waals surface area contributed by atoms with Crippen LogP contribution < -0.4 is 10.1 Å². The molecule has 0 atom stereocenters. The van der Waals surface area contributed by atoms with Gasteiger partial charge >= 0.3 is 0 Å². The molecule has 1 N–H and O–H groups in total. The first kappa shape index (κ1) is 16.1. The third-order valence-electron chi connectivity index (χ3n) is 2.76. The monoisotopic (exact) mass is 415 g/mol. The van der Waals surface area contributed by atoms with Crippen LogP contribution in [-0.2, 0) is 0 Å². The molecule has 1 amide bonds. The van der Waals surface area contributed by atoms with E-state index < -0.39 is 0 Å². The van der Waals surface area contributed by atoms with Gasteiger partial charge in [0.25, 0.3) is 5.91 Å². The van der Waals surface area contributed by atoms with Crippen molar-refractivity contribution in [3.8, 4) is 5.75 Å². The summed E-state index contributed by atoms with van der Waals surface area (Å²) in [6.45, 7) is 2.74. The Morgan fingerprint density at radius 2 is 1.95 bits per heavy atom. The largest absolute Gasteiger partial charge is 0.494 e. The molecule has 0 saturated heterocycles. The van der Waals surface area contributed by atoms with E-state index in [1.54, 1.807) is 12.1 Å². The number of nitrogens with one attached hydrogen (secondary N) is 1. The molecule has 2 rings (SSSR count). The number of ether oxygens (including phenoxy) is 1. The van der Waals surface area contributed by atoms with Crippen LogP contribution in [0.4, 0.5) is 5.69 Å². The minimum Gasteiger partial charge on any atom is -0.494 e. The van der Waals surface area contributed by atoms with Gasteiger partial charge in [-0.05, 0) is 71.5 Å². The van der Waals surface area contributed by atoms with Crippen molar-refractivity contribution in [1.29, 1.82) is 0 Å². The molecule has 110 valence electrons. The molecule has 0 aromatic heterocycles. The maximum atomic E-state index is 12.2. The number of carbonyl (C=O) groups excluding carboxylic acids is 1. The van der Waals surface area contributed by atoms with Gasteiger partial charge in [0, 0.05) is 14.3 Å². The molecule has 0 heterocycles. The Kier molecular flexibility index (Phi) is 5.87. The summed E-state index contributed by atoms with van der Waals surface area (Å²) in [5, 5.41) is 3.40. The molecule has 0 spiro atoms. The minimum absolute atomic E-state index is 0.177. The van der Waals surface area contributed by atoms with Gasteiger partial charge in [-0.1, -0.05) is 18.5 Å². The normalized spacial score (nSPS) is 10.2. The highest BCUT2D eigenvalue weighted by Crippen LogP contribution is 2.21. The van der Waals surface area contributed by atoms with Gasteiger partial charge in [0.15, 0.2) is 0 Å². The molecular weight excluding hydrogens is 401 g/mol. The maximum Gasteiger partial charge on any atom is 0.256 e. The summed E-state index contributed by atoms with van der Waals surface area (Å²) >= 11 is 8.05. The Morgan fingerprint density at radius 3 is 2.62 bits per heavy atom. The highest BCUT2D eigenvalue weighted by atomic mass is 127. The first-order valence-corrected chi connectivity index (χ1v) is 8.05. The lowest BCUT2D eigenvalue weighted by Crippen LogP contribution is -2.13. The van der Waals surface area contributed by atoms with Crippen LogP contribution in [0, 0.1) is 3.57 Å². The van der Waals surface area contributed by atoms with Crippen LogP contribution >= 0.6 is 34.2 Å². The van der Waals surface area contributed by atoms with Gasteiger partial charge in [-0.25, -0.2) is 0 Å². The van der Waals surface area contributed by atoms with Crippen molar-refractivity contribution in [1.82, 2.24) is 0 Å². The SMILES string of the molecule is CCCOc1ccc(NC(=O)c2cc(Cl)ccc2I)cc1. The van der Waals surface area contributed by atoms with E-state index in [9.17, 15) is 4.79 Å². The van der Waals surface area contributed by atoms with E-state index in [0.717, 1.165) is 21.4 Å². The number of hydrogen-bond donors (Lipinski definition) is 1. The predicted molar refractivity (Wildman–Crippen MR) is 94.4 cm³/mol. The molecule has 21 heavy (non-hydrogen) atoms. The van der Waals surface area contributed by atoms with Gasteiger partial charge in [-0.2, -0.15) is 0 Å². The van der Waals surface area contributed by atoms with Crippen molar-refractivity contribution < 1.29 is 9.53 Å². The summed E-state index contributed by atoms with van der Waals surface area (Å²) in [6, 6.07) is 12.6. The Labute approximate surface area is 142 Å². The zero-order valence-corrected chi connectivity index (χ0v) is 14.4. The first-order valence-electron chi connectivity index (χ1n) is 6.59. The second-order valence-corrected chi connectivity index (χ2v) is 6.05. The minimum atomic E-state index is -0.177. The van der Waals surface area contributed by atoms with Crippen molar-refractivity contribution in [3.05, 3.63) is 56.6 Å². The molecule has 3 nitrogen and oxygen atoms in total. The van der Waals surface area contributed by atoms with E-state index in [2.05, 4.69) is 34.8 Å². The summed E-state index contributed by atoms with van der Waals surface area (Å²) < 4.78 is 6.36. The molecule has 0 bridgehead atoms.